The van der Waals surface area contributed by atoms with Gasteiger partial charge in [-0.3, -0.25) is 14.1 Å². The second kappa shape index (κ2) is 8.47. The third-order valence-electron chi connectivity index (χ3n) is 7.70. The standard InChI is InChI=1S/C24H29F3O7S/c1-13-4-14(2)19(15(3)5-13)34-21(29)23-9-16-6-17(10-23)8-22(7-16,12-23)20(28)33-18(24(25,26)27)11-35(30,31)32/h4-5,16-18H,6-12H2,1-3H3,(H,30,31,32). The normalized spacial score (nSPS) is 30.7. The van der Waals surface area contributed by atoms with E-state index in [-0.39, 0.29) is 31.1 Å². The number of rotatable bonds is 6. The SMILES string of the molecule is Cc1cc(C)c(OC(=O)C23CC4CC(C2)CC(C(=O)OC(CS(=O)(=O)O)C(F)(F)F)(C4)C3)c(C)c1. The van der Waals surface area contributed by atoms with E-state index in [1.807, 2.05) is 32.9 Å². The highest BCUT2D eigenvalue weighted by atomic mass is 32.2. The summed E-state index contributed by atoms with van der Waals surface area (Å²) >= 11 is 0. The van der Waals surface area contributed by atoms with Crippen LogP contribution in [0, 0.1) is 43.4 Å². The number of benzene rings is 1. The minimum Gasteiger partial charge on any atom is -0.451 e. The van der Waals surface area contributed by atoms with Gasteiger partial charge in [0.05, 0.1) is 10.8 Å². The van der Waals surface area contributed by atoms with Crippen molar-refractivity contribution in [2.75, 3.05) is 5.75 Å². The van der Waals surface area contributed by atoms with Gasteiger partial charge in [0.2, 0.25) is 6.10 Å². The number of carbonyl (C=O) groups excluding carboxylic acids is 2. The summed E-state index contributed by atoms with van der Waals surface area (Å²) in [5, 5.41) is 0. The number of hydrogen-bond donors (Lipinski definition) is 1. The van der Waals surface area contributed by atoms with E-state index >= 15 is 0 Å². The van der Waals surface area contributed by atoms with Gasteiger partial charge in [-0.05, 0) is 82.3 Å². The van der Waals surface area contributed by atoms with Crippen molar-refractivity contribution in [1.29, 1.82) is 0 Å². The second-order valence-electron chi connectivity index (χ2n) is 10.8. The van der Waals surface area contributed by atoms with Gasteiger partial charge in [-0.2, -0.15) is 21.6 Å². The van der Waals surface area contributed by atoms with Crippen LogP contribution in [0.15, 0.2) is 12.1 Å². The third-order valence-corrected chi connectivity index (χ3v) is 8.43. The van der Waals surface area contributed by atoms with Crippen molar-refractivity contribution < 1.29 is 45.2 Å². The van der Waals surface area contributed by atoms with Crippen molar-refractivity contribution in [2.45, 2.75) is 71.6 Å². The molecule has 0 heterocycles. The average Bonchev–Trinajstić information content (AvgIpc) is 2.67. The number of halogens is 3. The first-order chi connectivity index (χ1) is 16.0. The Balaban J connectivity index is 1.60. The number of alkyl halides is 3. The number of hydrogen-bond acceptors (Lipinski definition) is 6. The monoisotopic (exact) mass is 518 g/mol. The molecular formula is C24H29F3O7S. The molecule has 3 unspecified atom stereocenters. The lowest BCUT2D eigenvalue weighted by Gasteiger charge is -2.59. The lowest BCUT2D eigenvalue weighted by Crippen LogP contribution is -2.59. The summed E-state index contributed by atoms with van der Waals surface area (Å²) in [4.78, 5) is 26.7. The van der Waals surface area contributed by atoms with Crippen molar-refractivity contribution in [3.63, 3.8) is 0 Å². The maximum absolute atomic E-state index is 13.5. The molecule has 4 bridgehead atoms. The van der Waals surface area contributed by atoms with E-state index in [4.69, 9.17) is 14.0 Å². The van der Waals surface area contributed by atoms with Crippen LogP contribution in [-0.2, 0) is 24.4 Å². The van der Waals surface area contributed by atoms with Gasteiger partial charge in [-0.25, -0.2) is 0 Å². The zero-order valence-electron chi connectivity index (χ0n) is 19.8. The van der Waals surface area contributed by atoms with Gasteiger partial charge in [0, 0.05) is 0 Å². The predicted octanol–water partition coefficient (Wildman–Crippen LogP) is 4.47. The highest BCUT2D eigenvalue weighted by molar-refractivity contribution is 7.85. The fourth-order valence-electron chi connectivity index (χ4n) is 6.91. The summed E-state index contributed by atoms with van der Waals surface area (Å²) in [6, 6.07) is 3.78. The van der Waals surface area contributed by atoms with Crippen LogP contribution in [0.5, 0.6) is 5.75 Å². The number of esters is 2. The van der Waals surface area contributed by atoms with Crippen molar-refractivity contribution in [3.8, 4) is 5.75 Å². The molecule has 7 nitrogen and oxygen atoms in total. The second-order valence-corrected chi connectivity index (χ2v) is 12.3. The van der Waals surface area contributed by atoms with Gasteiger partial charge in [0.25, 0.3) is 10.1 Å². The largest absolute Gasteiger partial charge is 0.451 e. The first kappa shape index (κ1) is 25.9. The van der Waals surface area contributed by atoms with E-state index in [9.17, 15) is 31.2 Å². The Morgan fingerprint density at radius 1 is 1.03 bits per heavy atom. The van der Waals surface area contributed by atoms with E-state index in [0.717, 1.165) is 23.1 Å². The van der Waals surface area contributed by atoms with E-state index in [1.165, 1.54) is 0 Å². The molecule has 0 radical (unpaired) electrons. The summed E-state index contributed by atoms with van der Waals surface area (Å²) < 4.78 is 81.9. The molecule has 0 aliphatic heterocycles. The van der Waals surface area contributed by atoms with E-state index in [0.29, 0.717) is 18.6 Å². The van der Waals surface area contributed by atoms with Crippen LogP contribution in [0.2, 0.25) is 0 Å². The summed E-state index contributed by atoms with van der Waals surface area (Å²) in [7, 11) is -5.05. The molecule has 4 saturated carbocycles. The number of aryl methyl sites for hydroxylation is 3. The molecule has 194 valence electrons. The number of ether oxygens (including phenoxy) is 2. The van der Waals surface area contributed by atoms with Crippen molar-refractivity contribution in [1.82, 2.24) is 0 Å². The van der Waals surface area contributed by atoms with Crippen molar-refractivity contribution >= 4 is 22.1 Å². The quantitative estimate of drug-likeness (QED) is 0.337. The summed E-state index contributed by atoms with van der Waals surface area (Å²) in [5.74, 6) is -3.10. The lowest BCUT2D eigenvalue weighted by molar-refractivity contribution is -0.230. The fraction of sp³-hybridized carbons (Fsp3) is 0.667. The van der Waals surface area contributed by atoms with E-state index in [1.54, 1.807) is 0 Å². The zero-order chi connectivity index (χ0) is 26.0. The van der Waals surface area contributed by atoms with Crippen LogP contribution >= 0.6 is 0 Å². The molecule has 3 atom stereocenters. The molecule has 4 fully saturated rings. The minimum atomic E-state index is -5.18. The third kappa shape index (κ3) is 5.07. The molecule has 1 N–H and O–H groups in total. The first-order valence-corrected chi connectivity index (χ1v) is 13.2. The molecule has 11 heteroatoms. The first-order valence-electron chi connectivity index (χ1n) is 11.6. The molecule has 5 rings (SSSR count). The Kier molecular flexibility index (Phi) is 6.28. The summed E-state index contributed by atoms with van der Waals surface area (Å²) in [6.07, 6.45) is -5.90. The fourth-order valence-corrected chi connectivity index (χ4v) is 7.55. The Morgan fingerprint density at radius 3 is 1.97 bits per heavy atom. The number of carbonyl (C=O) groups is 2. The lowest BCUT2D eigenvalue weighted by atomic mass is 9.44. The Bertz CT molecular complexity index is 1120. The maximum atomic E-state index is 13.5. The smallest absolute Gasteiger partial charge is 0.426 e. The molecule has 0 saturated heterocycles. The Hall–Kier alpha value is -2.14. The summed E-state index contributed by atoms with van der Waals surface area (Å²) in [6.45, 7) is 5.58. The highest BCUT2D eigenvalue weighted by Crippen LogP contribution is 2.66. The molecule has 4 aliphatic rings. The van der Waals surface area contributed by atoms with Crippen LogP contribution in [0.25, 0.3) is 0 Å². The molecule has 1 aromatic carbocycles. The van der Waals surface area contributed by atoms with Crippen LogP contribution in [0.3, 0.4) is 0 Å². The van der Waals surface area contributed by atoms with E-state index in [2.05, 4.69) is 0 Å². The molecule has 0 spiro atoms. The molecule has 0 aromatic heterocycles. The molecule has 35 heavy (non-hydrogen) atoms. The van der Waals surface area contributed by atoms with Crippen LogP contribution in [-0.4, -0.2) is 42.9 Å². The highest BCUT2D eigenvalue weighted by Gasteiger charge is 2.65. The van der Waals surface area contributed by atoms with Crippen LogP contribution in [0.1, 0.15) is 55.2 Å². The molecule has 4 aliphatic carbocycles. The topological polar surface area (TPSA) is 107 Å². The van der Waals surface area contributed by atoms with Gasteiger partial charge in [0.1, 0.15) is 11.5 Å². The summed E-state index contributed by atoms with van der Waals surface area (Å²) in [5.41, 5.74) is 0.230. The van der Waals surface area contributed by atoms with Gasteiger partial charge >= 0.3 is 18.1 Å². The molecule has 0 amide bonds. The molecule has 1 aromatic rings. The maximum Gasteiger partial charge on any atom is 0.426 e. The van der Waals surface area contributed by atoms with Gasteiger partial charge in [-0.15, -0.1) is 0 Å². The van der Waals surface area contributed by atoms with Crippen molar-refractivity contribution in [3.05, 3.63) is 28.8 Å². The van der Waals surface area contributed by atoms with Crippen LogP contribution < -0.4 is 4.74 Å². The van der Waals surface area contributed by atoms with Crippen LogP contribution in [0.4, 0.5) is 13.2 Å². The van der Waals surface area contributed by atoms with Gasteiger partial charge < -0.3 is 9.47 Å². The van der Waals surface area contributed by atoms with Crippen molar-refractivity contribution in [2.24, 2.45) is 22.7 Å². The van der Waals surface area contributed by atoms with Gasteiger partial charge in [0.15, 0.2) is 0 Å². The molecular weight excluding hydrogens is 489 g/mol. The Morgan fingerprint density at radius 2 is 1.51 bits per heavy atom. The van der Waals surface area contributed by atoms with E-state index < -0.39 is 50.9 Å². The average molecular weight is 519 g/mol. The Labute approximate surface area is 202 Å². The van der Waals surface area contributed by atoms with Gasteiger partial charge in [-0.1, -0.05) is 17.7 Å². The predicted molar refractivity (Wildman–Crippen MR) is 118 cm³/mol. The minimum absolute atomic E-state index is 0.00885. The zero-order valence-corrected chi connectivity index (χ0v) is 20.6.